The van der Waals surface area contributed by atoms with Crippen molar-refractivity contribution in [2.45, 2.75) is 0 Å². The van der Waals surface area contributed by atoms with Crippen molar-refractivity contribution >= 4 is 43.5 Å². The molecular weight excluding hydrogens is 695 g/mol. The van der Waals surface area contributed by atoms with Gasteiger partial charge in [-0.05, 0) is 97.4 Å². The number of furan rings is 1. The fraction of sp³-hybridized carbons (Fsp3) is 0. The van der Waals surface area contributed by atoms with Gasteiger partial charge >= 0.3 is 0 Å². The number of hydrogen-bond donors (Lipinski definition) is 0. The van der Waals surface area contributed by atoms with Gasteiger partial charge in [0.25, 0.3) is 0 Å². The van der Waals surface area contributed by atoms with Crippen LogP contribution in [0.25, 0.3) is 111 Å². The van der Waals surface area contributed by atoms with Crippen molar-refractivity contribution in [2.75, 3.05) is 0 Å². The first-order valence-corrected chi connectivity index (χ1v) is 19.2. The fourth-order valence-corrected chi connectivity index (χ4v) is 8.08. The Balaban J connectivity index is 1.10. The summed E-state index contributed by atoms with van der Waals surface area (Å²) in [6.07, 6.45) is 0. The molecule has 57 heavy (non-hydrogen) atoms. The molecule has 4 heteroatoms. The summed E-state index contributed by atoms with van der Waals surface area (Å²) in [7, 11) is 0. The molecule has 0 saturated carbocycles. The van der Waals surface area contributed by atoms with Gasteiger partial charge in [0.15, 0.2) is 17.5 Å². The maximum absolute atomic E-state index is 6.25. The molecule has 0 aliphatic carbocycles. The number of para-hydroxylation sites is 1. The molecule has 0 aliphatic heterocycles. The van der Waals surface area contributed by atoms with E-state index in [2.05, 4.69) is 127 Å². The van der Waals surface area contributed by atoms with Gasteiger partial charge < -0.3 is 4.42 Å². The molecule has 266 valence electrons. The molecule has 0 amide bonds. The Hall–Kier alpha value is -7.69. The SMILES string of the molecule is c1ccc(-c2nc(-c3ccccc3)nc(-c3cccc(-c4cc(-c5ccc6oc7ccccc7c6c5)c5cc(-c6cccc7ccccc67)ccc5c4)c3)n2)cc1. The minimum atomic E-state index is 0.627. The van der Waals surface area contributed by atoms with E-state index in [1.807, 2.05) is 72.8 Å². The lowest BCUT2D eigenvalue weighted by Gasteiger charge is -2.15. The van der Waals surface area contributed by atoms with Crippen LogP contribution in [0.15, 0.2) is 205 Å². The van der Waals surface area contributed by atoms with Crippen molar-refractivity contribution in [1.82, 2.24) is 15.0 Å². The zero-order chi connectivity index (χ0) is 37.7. The van der Waals surface area contributed by atoms with E-state index in [0.717, 1.165) is 66.3 Å². The summed E-state index contributed by atoms with van der Waals surface area (Å²) < 4.78 is 6.25. The molecular formula is C53H33N3O. The van der Waals surface area contributed by atoms with Crippen LogP contribution in [0.2, 0.25) is 0 Å². The third kappa shape index (κ3) is 5.92. The molecule has 9 aromatic carbocycles. The molecule has 0 unspecified atom stereocenters. The monoisotopic (exact) mass is 727 g/mol. The number of nitrogens with zero attached hydrogens (tertiary/aromatic N) is 3. The maximum Gasteiger partial charge on any atom is 0.164 e. The first kappa shape index (κ1) is 32.7. The van der Waals surface area contributed by atoms with Crippen molar-refractivity contribution in [3.05, 3.63) is 200 Å². The van der Waals surface area contributed by atoms with Gasteiger partial charge in [0.1, 0.15) is 11.2 Å². The third-order valence-electron chi connectivity index (χ3n) is 10.9. The molecule has 0 radical (unpaired) electrons. The second-order valence-electron chi connectivity index (χ2n) is 14.4. The quantitative estimate of drug-likeness (QED) is 0.171. The number of rotatable bonds is 6. The second-order valence-corrected chi connectivity index (χ2v) is 14.4. The van der Waals surface area contributed by atoms with Crippen LogP contribution in [0.1, 0.15) is 0 Å². The number of fused-ring (bicyclic) bond motifs is 5. The van der Waals surface area contributed by atoms with Crippen LogP contribution >= 0.6 is 0 Å². The summed E-state index contributed by atoms with van der Waals surface area (Å²) in [5.74, 6) is 1.91. The van der Waals surface area contributed by atoms with Gasteiger partial charge in [-0.15, -0.1) is 0 Å². The van der Waals surface area contributed by atoms with Crippen molar-refractivity contribution in [3.8, 4) is 67.5 Å². The minimum absolute atomic E-state index is 0.627. The van der Waals surface area contributed by atoms with E-state index >= 15 is 0 Å². The summed E-state index contributed by atoms with van der Waals surface area (Å²) in [5, 5.41) is 7.03. The Morgan fingerprint density at radius 3 is 1.61 bits per heavy atom. The number of hydrogen-bond acceptors (Lipinski definition) is 4. The van der Waals surface area contributed by atoms with Gasteiger partial charge in [0, 0.05) is 27.5 Å². The lowest BCUT2D eigenvalue weighted by Crippen LogP contribution is -2.00. The van der Waals surface area contributed by atoms with Gasteiger partial charge in [-0.2, -0.15) is 0 Å². The highest BCUT2D eigenvalue weighted by Crippen LogP contribution is 2.40. The van der Waals surface area contributed by atoms with Crippen molar-refractivity contribution in [2.24, 2.45) is 0 Å². The molecule has 2 heterocycles. The Labute approximate surface area is 329 Å². The molecule has 0 N–H and O–H groups in total. The largest absolute Gasteiger partial charge is 0.456 e. The predicted molar refractivity (Wildman–Crippen MR) is 235 cm³/mol. The van der Waals surface area contributed by atoms with E-state index in [1.54, 1.807) is 0 Å². The summed E-state index contributed by atoms with van der Waals surface area (Å²) in [6.45, 7) is 0. The molecule has 0 aliphatic rings. The molecule has 0 spiro atoms. The lowest BCUT2D eigenvalue weighted by molar-refractivity contribution is 0.669. The maximum atomic E-state index is 6.25. The van der Waals surface area contributed by atoms with Crippen LogP contribution in [0.3, 0.4) is 0 Å². The second kappa shape index (κ2) is 13.6. The predicted octanol–water partition coefficient (Wildman–Crippen LogP) is 14.1. The average molecular weight is 728 g/mol. The Morgan fingerprint density at radius 1 is 0.263 bits per heavy atom. The topological polar surface area (TPSA) is 51.8 Å². The van der Waals surface area contributed by atoms with E-state index in [1.165, 1.54) is 27.3 Å². The van der Waals surface area contributed by atoms with Gasteiger partial charge in [-0.3, -0.25) is 0 Å². The van der Waals surface area contributed by atoms with Crippen LogP contribution in [-0.4, -0.2) is 15.0 Å². The normalized spacial score (nSPS) is 11.5. The third-order valence-corrected chi connectivity index (χ3v) is 10.9. The standard InChI is InChI=1S/C53H33N3O/c1-3-14-35(15-4-1)51-54-52(36-16-5-2-6-17-36)56-53(55-51)41-20-11-19-37(29-41)42-30-38-25-26-39(44-23-12-18-34-13-7-8-21-43(34)44)31-46(38)47(33-42)40-27-28-50-48(32-40)45-22-9-10-24-49(45)57-50/h1-33H. The summed E-state index contributed by atoms with van der Waals surface area (Å²) in [4.78, 5) is 15.0. The first-order valence-electron chi connectivity index (χ1n) is 19.2. The zero-order valence-electron chi connectivity index (χ0n) is 30.8. The summed E-state index contributed by atoms with van der Waals surface area (Å²) in [6, 6.07) is 70.2. The van der Waals surface area contributed by atoms with Crippen LogP contribution < -0.4 is 0 Å². The molecule has 0 fully saturated rings. The van der Waals surface area contributed by atoms with Crippen molar-refractivity contribution < 1.29 is 4.42 Å². The van der Waals surface area contributed by atoms with E-state index < -0.39 is 0 Å². The van der Waals surface area contributed by atoms with Gasteiger partial charge in [0.05, 0.1) is 0 Å². The Kier molecular flexibility index (Phi) is 7.78. The smallest absolute Gasteiger partial charge is 0.164 e. The molecule has 11 aromatic rings. The molecule has 0 saturated heterocycles. The molecule has 0 atom stereocenters. The van der Waals surface area contributed by atoms with Crippen LogP contribution in [0.4, 0.5) is 0 Å². The minimum Gasteiger partial charge on any atom is -0.456 e. The molecule has 0 bridgehead atoms. The van der Waals surface area contributed by atoms with Crippen LogP contribution in [0, 0.1) is 0 Å². The molecule has 2 aromatic heterocycles. The van der Waals surface area contributed by atoms with E-state index in [0.29, 0.717) is 17.5 Å². The van der Waals surface area contributed by atoms with Crippen molar-refractivity contribution in [1.29, 1.82) is 0 Å². The van der Waals surface area contributed by atoms with Gasteiger partial charge in [-0.1, -0.05) is 158 Å². The first-order chi connectivity index (χ1) is 28.2. The summed E-state index contributed by atoms with van der Waals surface area (Å²) >= 11 is 0. The van der Waals surface area contributed by atoms with E-state index in [9.17, 15) is 0 Å². The molecule has 11 rings (SSSR count). The van der Waals surface area contributed by atoms with E-state index in [-0.39, 0.29) is 0 Å². The average Bonchev–Trinajstić information content (AvgIpc) is 3.67. The van der Waals surface area contributed by atoms with Crippen LogP contribution in [0.5, 0.6) is 0 Å². The van der Waals surface area contributed by atoms with Gasteiger partial charge in [0.2, 0.25) is 0 Å². The Morgan fingerprint density at radius 2 is 0.825 bits per heavy atom. The number of benzene rings is 9. The van der Waals surface area contributed by atoms with E-state index in [4.69, 9.17) is 19.4 Å². The highest BCUT2D eigenvalue weighted by atomic mass is 16.3. The molecule has 4 nitrogen and oxygen atoms in total. The lowest BCUT2D eigenvalue weighted by atomic mass is 9.89. The van der Waals surface area contributed by atoms with Crippen LogP contribution in [-0.2, 0) is 0 Å². The zero-order valence-corrected chi connectivity index (χ0v) is 30.8. The van der Waals surface area contributed by atoms with Crippen molar-refractivity contribution in [3.63, 3.8) is 0 Å². The Bertz CT molecular complexity index is 3230. The highest BCUT2D eigenvalue weighted by molar-refractivity contribution is 6.09. The highest BCUT2D eigenvalue weighted by Gasteiger charge is 2.16. The summed E-state index contributed by atoms with van der Waals surface area (Å²) in [5.41, 5.74) is 11.4. The fourth-order valence-electron chi connectivity index (χ4n) is 8.08. The number of aromatic nitrogens is 3. The van der Waals surface area contributed by atoms with Gasteiger partial charge in [-0.25, -0.2) is 15.0 Å².